The van der Waals surface area contributed by atoms with E-state index in [9.17, 15) is 0 Å². The molecule has 0 saturated heterocycles. The van der Waals surface area contributed by atoms with Crippen molar-refractivity contribution in [3.05, 3.63) is 22.0 Å². The predicted molar refractivity (Wildman–Crippen MR) is 91.5 cm³/mol. The first kappa shape index (κ1) is 18.6. The molecular weight excluding hydrogens is 369 g/mol. The maximum absolute atomic E-state index is 6.12. The summed E-state index contributed by atoms with van der Waals surface area (Å²) in [7, 11) is -1.05. The maximum atomic E-state index is 6.12. The van der Waals surface area contributed by atoms with Crippen LogP contribution in [0.25, 0.3) is 10.9 Å². The van der Waals surface area contributed by atoms with Crippen LogP contribution < -0.4 is 0 Å². The summed E-state index contributed by atoms with van der Waals surface area (Å²) in [6.07, 6.45) is 3.46. The van der Waals surface area contributed by atoms with E-state index < -0.39 is 8.07 Å². The number of rotatable bonds is 5. The average molecular weight is 387 g/mol. The fourth-order valence-electron chi connectivity index (χ4n) is 1.65. The fourth-order valence-corrected chi connectivity index (χ4v) is 3.05. The number of nitrogens with zero attached hydrogens (tertiary/aromatic N) is 3. The Kier molecular flexibility index (Phi) is 7.18. The van der Waals surface area contributed by atoms with Gasteiger partial charge in [-0.2, -0.15) is 5.10 Å². The van der Waals surface area contributed by atoms with E-state index in [0.717, 1.165) is 28.0 Å². The van der Waals surface area contributed by atoms with E-state index in [1.807, 2.05) is 0 Å². The molecule has 0 aliphatic rings. The zero-order valence-corrected chi connectivity index (χ0v) is 14.6. The second kappa shape index (κ2) is 7.72. The number of hydrogen-bond acceptors (Lipinski definition) is 3. The average Bonchev–Trinajstić information content (AvgIpc) is 2.73. The molecule has 0 spiro atoms. The van der Waals surface area contributed by atoms with Crippen molar-refractivity contribution < 1.29 is 4.74 Å². The SMILES string of the molecule is C[Si](C)(C)CCOCn1ncc2c(Br)cnc(Cl)c21.[NaH]. The van der Waals surface area contributed by atoms with Crippen LogP contribution in [-0.2, 0) is 11.5 Å². The molecule has 0 aromatic carbocycles. The molecule has 0 saturated carbocycles. The van der Waals surface area contributed by atoms with Crippen LogP contribution >= 0.6 is 27.5 Å². The van der Waals surface area contributed by atoms with E-state index in [1.54, 1.807) is 17.1 Å². The molecule has 0 radical (unpaired) electrons. The standard InChI is InChI=1S/C12H17BrClN3OSi.Na.H/c1-19(2,3)5-4-18-8-17-11-9(6-16-17)10(13)7-15-12(11)14;;/h6-7H,4-5,8H2,1-3H3;;. The Balaban J connectivity index is 0.00000200. The van der Waals surface area contributed by atoms with Crippen molar-refractivity contribution in [2.75, 3.05) is 6.61 Å². The molecule has 0 amide bonds. The Bertz CT molecular complexity index is 588. The molecule has 0 N–H and O–H groups in total. The van der Waals surface area contributed by atoms with Gasteiger partial charge in [0, 0.05) is 30.7 Å². The van der Waals surface area contributed by atoms with Crippen LogP contribution in [-0.4, -0.2) is 59.0 Å². The van der Waals surface area contributed by atoms with E-state index >= 15 is 0 Å². The van der Waals surface area contributed by atoms with Gasteiger partial charge in [-0.05, 0) is 22.0 Å². The van der Waals surface area contributed by atoms with Crippen molar-refractivity contribution in [1.82, 2.24) is 14.8 Å². The first-order valence-corrected chi connectivity index (χ1v) is 11.0. The van der Waals surface area contributed by atoms with Gasteiger partial charge in [0.25, 0.3) is 0 Å². The van der Waals surface area contributed by atoms with E-state index in [0.29, 0.717) is 11.9 Å². The van der Waals surface area contributed by atoms with Crippen LogP contribution in [0.5, 0.6) is 0 Å². The normalized spacial score (nSPS) is 11.7. The summed E-state index contributed by atoms with van der Waals surface area (Å²) in [4.78, 5) is 4.12. The molecule has 0 aliphatic carbocycles. The molecule has 0 atom stereocenters. The third kappa shape index (κ3) is 4.80. The number of hydrogen-bond donors (Lipinski definition) is 0. The van der Waals surface area contributed by atoms with Crippen molar-refractivity contribution in [2.45, 2.75) is 32.4 Å². The topological polar surface area (TPSA) is 39.9 Å². The molecule has 2 heterocycles. The fraction of sp³-hybridized carbons (Fsp3) is 0.500. The van der Waals surface area contributed by atoms with E-state index in [2.05, 4.69) is 45.7 Å². The number of halogens is 2. The predicted octanol–water partition coefficient (Wildman–Crippen LogP) is 3.51. The molecule has 106 valence electrons. The number of ether oxygens (including phenoxy) is 1. The van der Waals surface area contributed by atoms with Gasteiger partial charge in [-0.15, -0.1) is 0 Å². The number of aromatic nitrogens is 3. The quantitative estimate of drug-likeness (QED) is 0.448. The summed E-state index contributed by atoms with van der Waals surface area (Å²) in [6, 6.07) is 1.14. The van der Waals surface area contributed by atoms with Crippen molar-refractivity contribution in [1.29, 1.82) is 0 Å². The van der Waals surface area contributed by atoms with E-state index in [4.69, 9.17) is 16.3 Å². The molecule has 2 aromatic heterocycles. The zero-order valence-electron chi connectivity index (χ0n) is 11.3. The summed E-state index contributed by atoms with van der Waals surface area (Å²) in [5.41, 5.74) is 0.809. The van der Waals surface area contributed by atoms with Gasteiger partial charge < -0.3 is 4.74 Å². The second-order valence-electron chi connectivity index (χ2n) is 5.65. The van der Waals surface area contributed by atoms with Crippen LogP contribution in [0.3, 0.4) is 0 Å². The van der Waals surface area contributed by atoms with Crippen LogP contribution in [0.1, 0.15) is 0 Å². The molecule has 0 bridgehead atoms. The summed E-state index contributed by atoms with van der Waals surface area (Å²) < 4.78 is 8.33. The Morgan fingerprint density at radius 3 is 2.70 bits per heavy atom. The monoisotopic (exact) mass is 385 g/mol. The summed E-state index contributed by atoms with van der Waals surface area (Å²) in [6.45, 7) is 8.16. The van der Waals surface area contributed by atoms with Gasteiger partial charge in [0.15, 0.2) is 5.15 Å². The third-order valence-corrected chi connectivity index (χ3v) is 5.41. The third-order valence-electron chi connectivity index (χ3n) is 2.79. The van der Waals surface area contributed by atoms with Gasteiger partial charge >= 0.3 is 29.6 Å². The van der Waals surface area contributed by atoms with Gasteiger partial charge in [0.2, 0.25) is 0 Å². The number of fused-ring (bicyclic) bond motifs is 1. The molecule has 4 nitrogen and oxygen atoms in total. The summed E-state index contributed by atoms with van der Waals surface area (Å²) >= 11 is 9.56. The zero-order chi connectivity index (χ0) is 14.0. The Morgan fingerprint density at radius 1 is 1.35 bits per heavy atom. The Labute approximate surface area is 155 Å². The second-order valence-corrected chi connectivity index (χ2v) is 12.5. The molecule has 0 fully saturated rings. The first-order chi connectivity index (χ1) is 8.88. The van der Waals surface area contributed by atoms with Crippen LogP contribution in [0.15, 0.2) is 16.9 Å². The molecule has 20 heavy (non-hydrogen) atoms. The van der Waals surface area contributed by atoms with E-state index in [-0.39, 0.29) is 29.6 Å². The summed E-state index contributed by atoms with van der Waals surface area (Å²) in [5, 5.41) is 5.70. The van der Waals surface area contributed by atoms with Crippen molar-refractivity contribution in [3.8, 4) is 0 Å². The van der Waals surface area contributed by atoms with Crippen LogP contribution in [0.2, 0.25) is 30.8 Å². The Morgan fingerprint density at radius 2 is 2.05 bits per heavy atom. The molecule has 0 unspecified atom stereocenters. The van der Waals surface area contributed by atoms with Crippen LogP contribution in [0, 0.1) is 0 Å². The van der Waals surface area contributed by atoms with Gasteiger partial charge in [-0.1, -0.05) is 31.2 Å². The Hall–Kier alpha value is 0.567. The minimum absolute atomic E-state index is 0. The van der Waals surface area contributed by atoms with E-state index in [1.165, 1.54) is 0 Å². The van der Waals surface area contributed by atoms with Gasteiger partial charge in [0.05, 0.1) is 6.20 Å². The molecule has 2 aromatic rings. The minimum atomic E-state index is -1.05. The van der Waals surface area contributed by atoms with Crippen LogP contribution in [0.4, 0.5) is 0 Å². The van der Waals surface area contributed by atoms with Crippen molar-refractivity contribution >= 4 is 76.1 Å². The van der Waals surface area contributed by atoms with Gasteiger partial charge in [-0.3, -0.25) is 0 Å². The van der Waals surface area contributed by atoms with Crippen molar-refractivity contribution in [3.63, 3.8) is 0 Å². The molecular formula is C12H18BrClN3NaOSi. The number of pyridine rings is 1. The molecule has 8 heteroatoms. The van der Waals surface area contributed by atoms with Gasteiger partial charge in [0.1, 0.15) is 12.2 Å². The van der Waals surface area contributed by atoms with Gasteiger partial charge in [-0.25, -0.2) is 9.67 Å². The molecule has 0 aliphatic heterocycles. The molecule has 2 rings (SSSR count). The summed E-state index contributed by atoms with van der Waals surface area (Å²) in [5.74, 6) is 0. The van der Waals surface area contributed by atoms with Crippen molar-refractivity contribution in [2.24, 2.45) is 0 Å². The first-order valence-electron chi connectivity index (χ1n) is 6.12.